The molecule has 1 saturated heterocycles. The zero-order chi connectivity index (χ0) is 17.9. The van der Waals surface area contributed by atoms with Crippen molar-refractivity contribution >= 4 is 34.2 Å². The van der Waals surface area contributed by atoms with Crippen LogP contribution in [0.2, 0.25) is 0 Å². The molecule has 9 heteroatoms. The molecular formula is C16H27ClN4O3S. The molecule has 25 heavy (non-hydrogen) atoms. The molecule has 1 aromatic rings. The largest absolute Gasteiger partial charge is 0.355 e. The minimum atomic E-state index is -3.24. The number of pyridine rings is 1. The standard InChI is InChI=1S/C16H26N4O3S.ClH/c1-5-6-13-10-20(11-14(13)18-24(4,22)23)15-8-7-12(9-17-15)16(21)19(2)3;/h7-9,13-14,18H,5-6,10-11H2,1-4H3;1H/t13-,14-;/m0./s1. The molecule has 142 valence electrons. The van der Waals surface area contributed by atoms with Crippen LogP contribution in [0.25, 0.3) is 0 Å². The minimum Gasteiger partial charge on any atom is -0.355 e. The van der Waals surface area contributed by atoms with Crippen molar-refractivity contribution in [1.29, 1.82) is 0 Å². The van der Waals surface area contributed by atoms with Crippen molar-refractivity contribution in [3.63, 3.8) is 0 Å². The second-order valence-corrected chi connectivity index (χ2v) is 8.33. The second-order valence-electron chi connectivity index (χ2n) is 6.55. The molecule has 0 aliphatic carbocycles. The summed E-state index contributed by atoms with van der Waals surface area (Å²) in [4.78, 5) is 19.9. The highest BCUT2D eigenvalue weighted by atomic mass is 35.5. The van der Waals surface area contributed by atoms with E-state index in [4.69, 9.17) is 0 Å². The number of amides is 1. The molecule has 0 saturated carbocycles. The van der Waals surface area contributed by atoms with Crippen LogP contribution < -0.4 is 9.62 Å². The SMILES string of the molecule is CCC[C@H]1CN(c2ccc(C(=O)N(C)C)cn2)C[C@@H]1NS(C)(=O)=O.Cl. The maximum Gasteiger partial charge on any atom is 0.254 e. The van der Waals surface area contributed by atoms with Gasteiger partial charge in [0.25, 0.3) is 5.91 Å². The van der Waals surface area contributed by atoms with E-state index in [9.17, 15) is 13.2 Å². The summed E-state index contributed by atoms with van der Waals surface area (Å²) in [6, 6.07) is 3.48. The number of halogens is 1. The number of carbonyl (C=O) groups is 1. The van der Waals surface area contributed by atoms with E-state index in [0.717, 1.165) is 25.2 Å². The second kappa shape index (κ2) is 8.82. The fourth-order valence-electron chi connectivity index (χ4n) is 3.09. The molecular weight excluding hydrogens is 364 g/mol. The van der Waals surface area contributed by atoms with Crippen LogP contribution in [-0.2, 0) is 10.0 Å². The van der Waals surface area contributed by atoms with Crippen molar-refractivity contribution in [3.05, 3.63) is 23.9 Å². The Hall–Kier alpha value is -1.38. The Bertz CT molecular complexity index is 679. The molecule has 0 aromatic carbocycles. The third-order valence-electron chi connectivity index (χ3n) is 4.19. The smallest absolute Gasteiger partial charge is 0.254 e. The van der Waals surface area contributed by atoms with Gasteiger partial charge in [-0.25, -0.2) is 18.1 Å². The Labute approximate surface area is 156 Å². The van der Waals surface area contributed by atoms with Crippen molar-refractivity contribution in [2.45, 2.75) is 25.8 Å². The highest BCUT2D eigenvalue weighted by molar-refractivity contribution is 7.88. The van der Waals surface area contributed by atoms with Gasteiger partial charge in [-0.2, -0.15) is 0 Å². The molecule has 1 N–H and O–H groups in total. The van der Waals surface area contributed by atoms with Crippen LogP contribution >= 0.6 is 12.4 Å². The molecule has 2 rings (SSSR count). The Kier molecular flexibility index (Phi) is 7.64. The number of sulfonamides is 1. The number of carbonyl (C=O) groups excluding carboxylic acids is 1. The molecule has 2 heterocycles. The lowest BCUT2D eigenvalue weighted by Crippen LogP contribution is -2.39. The fourth-order valence-corrected chi connectivity index (χ4v) is 3.90. The van der Waals surface area contributed by atoms with E-state index < -0.39 is 10.0 Å². The number of nitrogens with zero attached hydrogens (tertiary/aromatic N) is 3. The molecule has 7 nitrogen and oxygen atoms in total. The maximum absolute atomic E-state index is 11.9. The average Bonchev–Trinajstić information content (AvgIpc) is 2.88. The number of anilines is 1. The molecule has 1 fully saturated rings. The van der Waals surface area contributed by atoms with Gasteiger partial charge in [0.15, 0.2) is 0 Å². The van der Waals surface area contributed by atoms with E-state index in [2.05, 4.69) is 21.5 Å². The predicted molar refractivity (Wildman–Crippen MR) is 102 cm³/mol. The van der Waals surface area contributed by atoms with E-state index >= 15 is 0 Å². The lowest BCUT2D eigenvalue weighted by Gasteiger charge is -2.18. The first-order valence-corrected chi connectivity index (χ1v) is 10.0. The molecule has 0 radical (unpaired) electrons. The van der Waals surface area contributed by atoms with Crippen molar-refractivity contribution in [2.75, 3.05) is 38.3 Å². The quantitative estimate of drug-likeness (QED) is 0.793. The van der Waals surface area contributed by atoms with E-state index in [1.54, 1.807) is 26.4 Å². The number of aromatic nitrogens is 1. The number of hydrogen-bond acceptors (Lipinski definition) is 5. The normalized spacial score (nSPS) is 20.2. The molecule has 0 unspecified atom stereocenters. The summed E-state index contributed by atoms with van der Waals surface area (Å²) >= 11 is 0. The van der Waals surface area contributed by atoms with Crippen molar-refractivity contribution < 1.29 is 13.2 Å². The monoisotopic (exact) mass is 390 g/mol. The summed E-state index contributed by atoms with van der Waals surface area (Å²) in [5, 5.41) is 0. The molecule has 1 aliphatic rings. The van der Waals surface area contributed by atoms with Crippen LogP contribution in [0.15, 0.2) is 18.3 Å². The van der Waals surface area contributed by atoms with Gasteiger partial charge in [0, 0.05) is 39.4 Å². The van der Waals surface area contributed by atoms with Crippen LogP contribution in [0, 0.1) is 5.92 Å². The van der Waals surface area contributed by atoms with Crippen molar-refractivity contribution in [3.8, 4) is 0 Å². The van der Waals surface area contributed by atoms with Crippen LogP contribution in [0.5, 0.6) is 0 Å². The van der Waals surface area contributed by atoms with Gasteiger partial charge in [0.1, 0.15) is 5.82 Å². The lowest BCUT2D eigenvalue weighted by atomic mass is 9.99. The third kappa shape index (κ3) is 5.83. The van der Waals surface area contributed by atoms with Gasteiger partial charge in [0.2, 0.25) is 10.0 Å². The summed E-state index contributed by atoms with van der Waals surface area (Å²) in [6.45, 7) is 3.45. The van der Waals surface area contributed by atoms with Gasteiger partial charge in [-0.3, -0.25) is 4.79 Å². The Morgan fingerprint density at radius 1 is 1.36 bits per heavy atom. The predicted octanol–water partition coefficient (Wildman–Crippen LogP) is 1.36. The van der Waals surface area contributed by atoms with Gasteiger partial charge < -0.3 is 9.80 Å². The Balaban J connectivity index is 0.00000312. The highest BCUT2D eigenvalue weighted by Crippen LogP contribution is 2.26. The zero-order valence-electron chi connectivity index (χ0n) is 15.1. The van der Waals surface area contributed by atoms with Gasteiger partial charge in [-0.05, 0) is 24.5 Å². The Morgan fingerprint density at radius 2 is 2.04 bits per heavy atom. The van der Waals surface area contributed by atoms with Gasteiger partial charge in [-0.15, -0.1) is 12.4 Å². The van der Waals surface area contributed by atoms with Crippen LogP contribution in [0.3, 0.4) is 0 Å². The maximum atomic E-state index is 11.9. The molecule has 1 aromatic heterocycles. The lowest BCUT2D eigenvalue weighted by molar-refractivity contribution is 0.0827. The number of nitrogens with one attached hydrogen (secondary N) is 1. The molecule has 1 amide bonds. The summed E-state index contributed by atoms with van der Waals surface area (Å²) in [6.07, 6.45) is 4.73. The molecule has 1 aliphatic heterocycles. The van der Waals surface area contributed by atoms with Crippen LogP contribution in [-0.4, -0.2) is 63.7 Å². The van der Waals surface area contributed by atoms with Gasteiger partial charge >= 0.3 is 0 Å². The molecule has 0 spiro atoms. The summed E-state index contributed by atoms with van der Waals surface area (Å²) in [5.41, 5.74) is 0.541. The summed E-state index contributed by atoms with van der Waals surface area (Å²) in [5.74, 6) is 0.940. The van der Waals surface area contributed by atoms with E-state index in [0.29, 0.717) is 12.1 Å². The first kappa shape index (κ1) is 21.7. The Morgan fingerprint density at radius 3 is 2.52 bits per heavy atom. The van der Waals surface area contributed by atoms with E-state index in [-0.39, 0.29) is 30.3 Å². The first-order valence-electron chi connectivity index (χ1n) is 8.11. The number of rotatable bonds is 6. The molecule has 0 bridgehead atoms. The van der Waals surface area contributed by atoms with Gasteiger partial charge in [-0.1, -0.05) is 13.3 Å². The fraction of sp³-hybridized carbons (Fsp3) is 0.625. The van der Waals surface area contributed by atoms with Crippen LogP contribution in [0.1, 0.15) is 30.1 Å². The molecule has 2 atom stereocenters. The summed E-state index contributed by atoms with van der Waals surface area (Å²) in [7, 11) is 0.165. The average molecular weight is 391 g/mol. The van der Waals surface area contributed by atoms with Crippen LogP contribution in [0.4, 0.5) is 5.82 Å². The van der Waals surface area contributed by atoms with E-state index in [1.807, 2.05) is 6.07 Å². The first-order chi connectivity index (χ1) is 11.2. The summed E-state index contributed by atoms with van der Waals surface area (Å²) < 4.78 is 25.9. The topological polar surface area (TPSA) is 82.6 Å². The number of hydrogen-bond donors (Lipinski definition) is 1. The highest BCUT2D eigenvalue weighted by Gasteiger charge is 2.34. The van der Waals surface area contributed by atoms with E-state index in [1.165, 1.54) is 11.2 Å². The minimum absolute atomic E-state index is 0. The van der Waals surface area contributed by atoms with Crippen molar-refractivity contribution in [2.24, 2.45) is 5.92 Å². The third-order valence-corrected chi connectivity index (χ3v) is 4.92. The van der Waals surface area contributed by atoms with Gasteiger partial charge in [0.05, 0.1) is 11.8 Å². The zero-order valence-corrected chi connectivity index (χ0v) is 16.7. The van der Waals surface area contributed by atoms with Crippen molar-refractivity contribution in [1.82, 2.24) is 14.6 Å².